The maximum absolute atomic E-state index is 13.1. The van der Waals surface area contributed by atoms with E-state index in [0.717, 1.165) is 30.4 Å². The summed E-state index contributed by atoms with van der Waals surface area (Å²) in [5.74, 6) is 0.612. The zero-order valence-electron chi connectivity index (χ0n) is 19.2. The minimum absolute atomic E-state index is 0.0623. The van der Waals surface area contributed by atoms with E-state index < -0.39 is 6.04 Å². The van der Waals surface area contributed by atoms with Gasteiger partial charge in [-0.1, -0.05) is 54.7 Å². The highest BCUT2D eigenvalue weighted by Crippen LogP contribution is 2.25. The molecule has 1 atom stereocenters. The molecule has 33 heavy (non-hydrogen) atoms. The Kier molecular flexibility index (Phi) is 9.27. The fourth-order valence-corrected chi connectivity index (χ4v) is 4.16. The molecular formula is C25H31Cl2N3O3. The SMILES string of the molecule is CCCCOc1cc(Cl)ccc1CNC(=O)N1CCC[C@@H]1C(=O)N(C)Cc1ccc(Cl)cc1. The Bertz CT molecular complexity index is 952. The molecule has 8 heteroatoms. The maximum atomic E-state index is 13.1. The van der Waals surface area contributed by atoms with E-state index in [1.54, 1.807) is 29.0 Å². The molecular weight excluding hydrogens is 461 g/mol. The van der Waals surface area contributed by atoms with Crippen LogP contribution in [0.4, 0.5) is 4.79 Å². The fraction of sp³-hybridized carbons (Fsp3) is 0.440. The Morgan fingerprint density at radius 2 is 1.88 bits per heavy atom. The monoisotopic (exact) mass is 491 g/mol. The van der Waals surface area contributed by atoms with Gasteiger partial charge in [-0.2, -0.15) is 0 Å². The molecule has 0 aromatic heterocycles. The van der Waals surface area contributed by atoms with Gasteiger partial charge in [0.05, 0.1) is 6.61 Å². The topological polar surface area (TPSA) is 61.9 Å². The average molecular weight is 492 g/mol. The summed E-state index contributed by atoms with van der Waals surface area (Å²) in [6.07, 6.45) is 3.43. The number of carbonyl (C=O) groups excluding carboxylic acids is 2. The number of hydrogen-bond donors (Lipinski definition) is 1. The lowest BCUT2D eigenvalue weighted by Crippen LogP contribution is -2.49. The number of hydrogen-bond acceptors (Lipinski definition) is 3. The van der Waals surface area contributed by atoms with Gasteiger partial charge in [-0.25, -0.2) is 4.79 Å². The molecule has 0 bridgehead atoms. The van der Waals surface area contributed by atoms with Gasteiger partial charge >= 0.3 is 6.03 Å². The molecule has 2 aromatic rings. The van der Waals surface area contributed by atoms with Crippen LogP contribution in [-0.2, 0) is 17.9 Å². The first kappa shape index (κ1) is 25.2. The first-order valence-corrected chi connectivity index (χ1v) is 12.1. The first-order valence-electron chi connectivity index (χ1n) is 11.3. The molecule has 6 nitrogen and oxygen atoms in total. The van der Waals surface area contributed by atoms with Crippen molar-refractivity contribution in [3.8, 4) is 5.75 Å². The molecule has 3 rings (SSSR count). The van der Waals surface area contributed by atoms with Crippen molar-refractivity contribution in [2.24, 2.45) is 0 Å². The van der Waals surface area contributed by atoms with E-state index in [0.29, 0.717) is 48.5 Å². The zero-order valence-corrected chi connectivity index (χ0v) is 20.7. The second-order valence-corrected chi connectivity index (χ2v) is 9.16. The van der Waals surface area contributed by atoms with Crippen LogP contribution in [0, 0.1) is 0 Å². The van der Waals surface area contributed by atoms with Gasteiger partial charge in [-0.3, -0.25) is 4.79 Å². The number of urea groups is 1. The van der Waals surface area contributed by atoms with E-state index in [1.807, 2.05) is 30.3 Å². The van der Waals surface area contributed by atoms with Crippen LogP contribution in [0.1, 0.15) is 43.7 Å². The minimum Gasteiger partial charge on any atom is -0.493 e. The van der Waals surface area contributed by atoms with Crippen molar-refractivity contribution in [2.45, 2.75) is 51.7 Å². The van der Waals surface area contributed by atoms with Crippen LogP contribution < -0.4 is 10.1 Å². The summed E-state index contributed by atoms with van der Waals surface area (Å²) >= 11 is 12.1. The average Bonchev–Trinajstić information content (AvgIpc) is 3.29. The van der Waals surface area contributed by atoms with Gasteiger partial charge in [0.1, 0.15) is 11.8 Å². The molecule has 0 saturated carbocycles. The van der Waals surface area contributed by atoms with Crippen LogP contribution in [0.2, 0.25) is 10.0 Å². The molecule has 1 aliphatic heterocycles. The van der Waals surface area contributed by atoms with E-state index >= 15 is 0 Å². The molecule has 1 aliphatic rings. The Labute approximate surface area is 205 Å². The Balaban J connectivity index is 1.59. The summed E-state index contributed by atoms with van der Waals surface area (Å²) in [7, 11) is 1.76. The van der Waals surface area contributed by atoms with Crippen LogP contribution in [-0.4, -0.2) is 48.0 Å². The Morgan fingerprint density at radius 3 is 2.61 bits per heavy atom. The lowest BCUT2D eigenvalue weighted by Gasteiger charge is -2.28. The summed E-state index contributed by atoms with van der Waals surface area (Å²) in [6.45, 7) is 4.02. The van der Waals surface area contributed by atoms with Crippen LogP contribution in [0.25, 0.3) is 0 Å². The lowest BCUT2D eigenvalue weighted by molar-refractivity contribution is -0.134. The van der Waals surface area contributed by atoms with Crippen molar-refractivity contribution in [3.05, 3.63) is 63.6 Å². The van der Waals surface area contributed by atoms with E-state index in [4.69, 9.17) is 27.9 Å². The third-order valence-corrected chi connectivity index (χ3v) is 6.21. The lowest BCUT2D eigenvalue weighted by atomic mass is 10.1. The molecule has 1 N–H and O–H groups in total. The third kappa shape index (κ3) is 7.02. The smallest absolute Gasteiger partial charge is 0.318 e. The Hall–Kier alpha value is -2.44. The van der Waals surface area contributed by atoms with Crippen LogP contribution in [0.15, 0.2) is 42.5 Å². The van der Waals surface area contributed by atoms with Crippen molar-refractivity contribution in [2.75, 3.05) is 20.2 Å². The van der Waals surface area contributed by atoms with Crippen LogP contribution in [0.3, 0.4) is 0 Å². The number of carbonyl (C=O) groups is 2. The van der Waals surface area contributed by atoms with Gasteiger partial charge in [-0.15, -0.1) is 0 Å². The van der Waals surface area contributed by atoms with Crippen molar-refractivity contribution < 1.29 is 14.3 Å². The molecule has 1 saturated heterocycles. The van der Waals surface area contributed by atoms with Gasteiger partial charge < -0.3 is 19.9 Å². The van der Waals surface area contributed by atoms with Crippen molar-refractivity contribution in [3.63, 3.8) is 0 Å². The van der Waals surface area contributed by atoms with Crippen molar-refractivity contribution in [1.82, 2.24) is 15.1 Å². The summed E-state index contributed by atoms with van der Waals surface area (Å²) in [4.78, 5) is 29.3. The number of ether oxygens (including phenoxy) is 1. The van der Waals surface area contributed by atoms with E-state index in [1.165, 1.54) is 0 Å². The van der Waals surface area contributed by atoms with Crippen LogP contribution >= 0.6 is 23.2 Å². The van der Waals surface area contributed by atoms with Gasteiger partial charge in [0.25, 0.3) is 0 Å². The fourth-order valence-electron chi connectivity index (χ4n) is 3.87. The molecule has 0 aliphatic carbocycles. The molecule has 0 radical (unpaired) electrons. The number of benzene rings is 2. The molecule has 1 heterocycles. The predicted octanol–water partition coefficient (Wildman–Crippen LogP) is 5.50. The van der Waals surface area contributed by atoms with Crippen molar-refractivity contribution >= 4 is 35.1 Å². The number of amides is 3. The highest BCUT2D eigenvalue weighted by Gasteiger charge is 2.35. The molecule has 0 unspecified atom stereocenters. The standard InChI is InChI=1S/C25H31Cl2N3O3/c1-3-4-14-33-23-15-21(27)12-9-19(23)16-28-25(32)30-13-5-6-22(30)24(31)29(2)17-18-7-10-20(26)11-8-18/h7-12,15,22H,3-6,13-14,16-17H2,1-2H3,(H,28,32)/t22-/m1/s1. The quantitative estimate of drug-likeness (QED) is 0.470. The Morgan fingerprint density at radius 1 is 1.15 bits per heavy atom. The molecule has 1 fully saturated rings. The second-order valence-electron chi connectivity index (χ2n) is 8.28. The second kappa shape index (κ2) is 12.1. The number of nitrogens with one attached hydrogen (secondary N) is 1. The summed E-state index contributed by atoms with van der Waals surface area (Å²) in [5.41, 5.74) is 1.84. The summed E-state index contributed by atoms with van der Waals surface area (Å²) in [6, 6.07) is 12.1. The number of likely N-dealkylation sites (N-methyl/N-ethyl adjacent to an activating group) is 1. The summed E-state index contributed by atoms with van der Waals surface area (Å²) in [5, 5.41) is 4.20. The molecule has 2 aromatic carbocycles. The number of likely N-dealkylation sites (tertiary alicyclic amines) is 1. The van der Waals surface area contributed by atoms with Crippen molar-refractivity contribution in [1.29, 1.82) is 0 Å². The third-order valence-electron chi connectivity index (χ3n) is 5.72. The predicted molar refractivity (Wildman–Crippen MR) is 132 cm³/mol. The maximum Gasteiger partial charge on any atom is 0.318 e. The van der Waals surface area contributed by atoms with E-state index in [2.05, 4.69) is 12.2 Å². The van der Waals surface area contributed by atoms with Gasteiger partial charge in [0, 0.05) is 42.3 Å². The highest BCUT2D eigenvalue weighted by atomic mass is 35.5. The number of rotatable bonds is 9. The number of nitrogens with zero attached hydrogens (tertiary/aromatic N) is 2. The highest BCUT2D eigenvalue weighted by molar-refractivity contribution is 6.30. The van der Waals surface area contributed by atoms with Crippen LogP contribution in [0.5, 0.6) is 5.75 Å². The normalized spacial score (nSPS) is 15.4. The summed E-state index contributed by atoms with van der Waals surface area (Å²) < 4.78 is 5.85. The number of halogens is 2. The van der Waals surface area contributed by atoms with Gasteiger partial charge in [0.2, 0.25) is 5.91 Å². The molecule has 0 spiro atoms. The molecule has 3 amide bonds. The van der Waals surface area contributed by atoms with Gasteiger partial charge in [0.15, 0.2) is 0 Å². The van der Waals surface area contributed by atoms with E-state index in [-0.39, 0.29) is 11.9 Å². The molecule has 178 valence electrons. The largest absolute Gasteiger partial charge is 0.493 e. The zero-order chi connectivity index (χ0) is 23.8. The van der Waals surface area contributed by atoms with Gasteiger partial charge in [-0.05, 0) is 49.1 Å². The van der Waals surface area contributed by atoms with E-state index in [9.17, 15) is 9.59 Å². The number of unbranched alkanes of at least 4 members (excludes halogenated alkanes) is 1. The first-order chi connectivity index (χ1) is 15.9. The minimum atomic E-state index is -0.465.